The van der Waals surface area contributed by atoms with E-state index in [1.807, 2.05) is 31.7 Å². The van der Waals surface area contributed by atoms with Crippen molar-refractivity contribution in [3.8, 4) is 0 Å². The van der Waals surface area contributed by atoms with Crippen molar-refractivity contribution >= 4 is 27.3 Å². The maximum Gasteiger partial charge on any atom is 0.272 e. The molecule has 3 aromatic rings. The van der Waals surface area contributed by atoms with Gasteiger partial charge in [-0.05, 0) is 61.4 Å². The molecule has 1 aliphatic heterocycles. The topological polar surface area (TPSA) is 97.2 Å². The first-order valence-corrected chi connectivity index (χ1v) is 12.5. The molecule has 0 saturated heterocycles. The summed E-state index contributed by atoms with van der Waals surface area (Å²) >= 11 is 1.19. The lowest BCUT2D eigenvalue weighted by Crippen LogP contribution is -2.38. The van der Waals surface area contributed by atoms with Gasteiger partial charge in [0.15, 0.2) is 0 Å². The lowest BCUT2D eigenvalue weighted by atomic mass is 9.95. The van der Waals surface area contributed by atoms with Crippen molar-refractivity contribution in [2.75, 3.05) is 6.54 Å². The molecule has 4 heterocycles. The van der Waals surface area contributed by atoms with Gasteiger partial charge in [-0.3, -0.25) is 14.5 Å². The van der Waals surface area contributed by atoms with Gasteiger partial charge in [0.05, 0.1) is 5.69 Å². The van der Waals surface area contributed by atoms with Crippen LogP contribution in [0.15, 0.2) is 34.0 Å². The zero-order valence-corrected chi connectivity index (χ0v) is 19.4. The van der Waals surface area contributed by atoms with Crippen LogP contribution in [0.25, 0.3) is 0 Å². The van der Waals surface area contributed by atoms with Gasteiger partial charge in [-0.2, -0.15) is 5.10 Å². The first kappa shape index (κ1) is 21.7. The van der Waals surface area contributed by atoms with Crippen LogP contribution in [0, 0.1) is 13.8 Å². The third-order valence-electron chi connectivity index (χ3n) is 5.50. The molecule has 0 unspecified atom stereocenters. The number of rotatable bonds is 6. The maximum absolute atomic E-state index is 13.1. The van der Waals surface area contributed by atoms with E-state index in [1.165, 1.54) is 11.3 Å². The van der Waals surface area contributed by atoms with Gasteiger partial charge in [0.2, 0.25) is 10.0 Å². The average Bonchev–Trinajstić information content (AvgIpc) is 3.42. The normalized spacial score (nSPS) is 14.0. The molecule has 3 aromatic heterocycles. The highest BCUT2D eigenvalue weighted by Crippen LogP contribution is 2.26. The van der Waals surface area contributed by atoms with Crippen molar-refractivity contribution in [3.05, 3.63) is 63.5 Å². The highest BCUT2D eigenvalue weighted by Gasteiger charge is 2.27. The number of nitrogens with one attached hydrogen (secondary N) is 1. The molecule has 164 valence electrons. The SMILES string of the molecule is CCn1nc(C)cc1C(=O)N1CCc2c(cnc(C)c2CNS(=O)(=O)c2cccs2)C1. The molecule has 0 radical (unpaired) electrons. The summed E-state index contributed by atoms with van der Waals surface area (Å²) in [5.74, 6) is -0.0476. The van der Waals surface area contributed by atoms with Crippen LogP contribution in [-0.2, 0) is 36.1 Å². The number of carbonyl (C=O) groups excluding carboxylic acids is 1. The number of aromatic nitrogens is 3. The second kappa shape index (κ2) is 8.52. The predicted molar refractivity (Wildman–Crippen MR) is 118 cm³/mol. The molecular weight excluding hydrogens is 434 g/mol. The number of hydrogen-bond acceptors (Lipinski definition) is 6. The number of fused-ring (bicyclic) bond motifs is 1. The lowest BCUT2D eigenvalue weighted by molar-refractivity contribution is 0.0721. The van der Waals surface area contributed by atoms with Crippen LogP contribution in [0.2, 0.25) is 0 Å². The summed E-state index contributed by atoms with van der Waals surface area (Å²) in [6.45, 7) is 7.55. The number of thiophene rings is 1. The van der Waals surface area contributed by atoms with Gasteiger partial charge in [-0.25, -0.2) is 13.1 Å². The Morgan fingerprint density at radius 1 is 1.32 bits per heavy atom. The third kappa shape index (κ3) is 4.28. The second-order valence-corrected chi connectivity index (χ2v) is 10.5. The van der Waals surface area contributed by atoms with Crippen molar-refractivity contribution in [1.82, 2.24) is 24.4 Å². The average molecular weight is 460 g/mol. The highest BCUT2D eigenvalue weighted by atomic mass is 32.2. The number of aryl methyl sites for hydroxylation is 3. The first-order chi connectivity index (χ1) is 14.8. The maximum atomic E-state index is 13.1. The Labute approximate surface area is 186 Å². The van der Waals surface area contributed by atoms with Gasteiger partial charge in [0.1, 0.15) is 9.90 Å². The Bertz CT molecular complexity index is 1220. The molecule has 1 aliphatic rings. The van der Waals surface area contributed by atoms with Crippen LogP contribution in [0.5, 0.6) is 0 Å². The number of nitrogens with zero attached hydrogens (tertiary/aromatic N) is 4. The first-order valence-electron chi connectivity index (χ1n) is 10.1. The zero-order chi connectivity index (χ0) is 22.2. The molecule has 4 rings (SSSR count). The predicted octanol–water partition coefficient (Wildman–Crippen LogP) is 2.65. The van der Waals surface area contributed by atoms with Crippen LogP contribution in [-0.4, -0.2) is 40.5 Å². The smallest absolute Gasteiger partial charge is 0.272 e. The monoisotopic (exact) mass is 459 g/mol. The highest BCUT2D eigenvalue weighted by molar-refractivity contribution is 7.91. The summed E-state index contributed by atoms with van der Waals surface area (Å²) in [6.07, 6.45) is 2.45. The summed E-state index contributed by atoms with van der Waals surface area (Å²) in [5.41, 5.74) is 5.12. The lowest BCUT2D eigenvalue weighted by Gasteiger charge is -2.30. The Morgan fingerprint density at radius 2 is 2.13 bits per heavy atom. The molecule has 0 spiro atoms. The summed E-state index contributed by atoms with van der Waals surface area (Å²) in [4.78, 5) is 19.4. The molecule has 0 aliphatic carbocycles. The van der Waals surface area contributed by atoms with Crippen molar-refractivity contribution in [2.45, 2.75) is 51.0 Å². The Morgan fingerprint density at radius 3 is 2.84 bits per heavy atom. The summed E-state index contributed by atoms with van der Waals surface area (Å²) in [6, 6.07) is 5.12. The largest absolute Gasteiger partial charge is 0.333 e. The molecule has 0 bridgehead atoms. The quantitative estimate of drug-likeness (QED) is 0.611. The molecule has 8 nitrogen and oxygen atoms in total. The van der Waals surface area contributed by atoms with E-state index in [1.54, 1.807) is 28.4 Å². The number of amides is 1. The van der Waals surface area contributed by atoms with E-state index < -0.39 is 10.0 Å². The van der Waals surface area contributed by atoms with E-state index in [9.17, 15) is 13.2 Å². The molecule has 1 N–H and O–H groups in total. The van der Waals surface area contributed by atoms with Gasteiger partial charge < -0.3 is 4.90 Å². The van der Waals surface area contributed by atoms with Gasteiger partial charge in [0.25, 0.3) is 5.91 Å². The summed E-state index contributed by atoms with van der Waals surface area (Å²) in [7, 11) is -3.56. The van der Waals surface area contributed by atoms with Crippen molar-refractivity contribution in [2.24, 2.45) is 0 Å². The molecule has 0 aromatic carbocycles. The van der Waals surface area contributed by atoms with E-state index in [-0.39, 0.29) is 12.5 Å². The van der Waals surface area contributed by atoms with Crippen molar-refractivity contribution < 1.29 is 13.2 Å². The van der Waals surface area contributed by atoms with Gasteiger partial charge in [0, 0.05) is 38.1 Å². The van der Waals surface area contributed by atoms with Crippen LogP contribution >= 0.6 is 11.3 Å². The van der Waals surface area contributed by atoms with Crippen molar-refractivity contribution in [1.29, 1.82) is 0 Å². The molecule has 1 amide bonds. The van der Waals surface area contributed by atoms with E-state index in [4.69, 9.17) is 0 Å². The summed E-state index contributed by atoms with van der Waals surface area (Å²) in [5, 5.41) is 6.12. The van der Waals surface area contributed by atoms with Crippen LogP contribution < -0.4 is 4.72 Å². The number of carbonyl (C=O) groups is 1. The van der Waals surface area contributed by atoms with Crippen LogP contribution in [0.4, 0.5) is 0 Å². The molecule has 0 atom stereocenters. The van der Waals surface area contributed by atoms with E-state index in [0.717, 1.165) is 28.1 Å². The fourth-order valence-electron chi connectivity index (χ4n) is 3.91. The summed E-state index contributed by atoms with van der Waals surface area (Å²) < 4.78 is 29.8. The number of pyridine rings is 1. The zero-order valence-electron chi connectivity index (χ0n) is 17.8. The number of hydrogen-bond donors (Lipinski definition) is 1. The standard InChI is InChI=1S/C21H25N5O3S2/c1-4-26-19(10-14(2)24-26)21(27)25-8-7-17-16(13-25)11-22-15(3)18(17)12-23-31(28,29)20-6-5-9-30-20/h5-6,9-11,23H,4,7-8,12-13H2,1-3H3. The minimum absolute atomic E-state index is 0.0476. The van der Waals surface area contributed by atoms with Crippen LogP contribution in [0.3, 0.4) is 0 Å². The van der Waals surface area contributed by atoms with Gasteiger partial charge in [-0.1, -0.05) is 6.07 Å². The molecule has 0 fully saturated rings. The van der Waals surface area contributed by atoms with E-state index in [0.29, 0.717) is 36.0 Å². The minimum Gasteiger partial charge on any atom is -0.333 e. The third-order valence-corrected chi connectivity index (χ3v) is 8.30. The molecule has 10 heteroatoms. The molecule has 31 heavy (non-hydrogen) atoms. The fraction of sp³-hybridized carbons (Fsp3) is 0.381. The molecular formula is C21H25N5O3S2. The van der Waals surface area contributed by atoms with Gasteiger partial charge in [-0.15, -0.1) is 11.3 Å². The molecule has 0 saturated carbocycles. The second-order valence-electron chi connectivity index (χ2n) is 7.55. The van der Waals surface area contributed by atoms with Crippen LogP contribution in [0.1, 0.15) is 45.5 Å². The van der Waals surface area contributed by atoms with Gasteiger partial charge >= 0.3 is 0 Å². The minimum atomic E-state index is -3.56. The van der Waals surface area contributed by atoms with E-state index >= 15 is 0 Å². The Balaban J connectivity index is 1.55. The Hall–Kier alpha value is -2.56. The van der Waals surface area contributed by atoms with E-state index in [2.05, 4.69) is 14.8 Å². The van der Waals surface area contributed by atoms with Crippen molar-refractivity contribution in [3.63, 3.8) is 0 Å². The fourth-order valence-corrected chi connectivity index (χ4v) is 5.94. The Kier molecular flexibility index (Phi) is 5.96. The number of sulfonamides is 1.